The van der Waals surface area contributed by atoms with E-state index >= 15 is 0 Å². The average Bonchev–Trinajstić information content (AvgIpc) is 2.76. The van der Waals surface area contributed by atoms with E-state index in [9.17, 15) is 4.79 Å². The molecule has 1 aromatic carbocycles. The van der Waals surface area contributed by atoms with Crippen LogP contribution in [0.15, 0.2) is 33.2 Å². The normalized spacial score (nSPS) is 11.3. The highest BCUT2D eigenvalue weighted by Gasteiger charge is 2.11. The molecule has 0 unspecified atom stereocenters. The standard InChI is InChI=1S/C11H6BrNO2/c12-8-3-1-2-7-10-9(15-11(7)8)4-6(5-14)13-10/h1-5,13H. The summed E-state index contributed by atoms with van der Waals surface area (Å²) in [6.07, 6.45) is 0.777. The van der Waals surface area contributed by atoms with Crippen molar-refractivity contribution < 1.29 is 9.21 Å². The zero-order chi connectivity index (χ0) is 10.4. The van der Waals surface area contributed by atoms with Crippen molar-refractivity contribution in [2.75, 3.05) is 0 Å². The molecule has 0 radical (unpaired) electrons. The summed E-state index contributed by atoms with van der Waals surface area (Å²) in [5, 5.41) is 0.979. The minimum Gasteiger partial charge on any atom is -0.453 e. The molecule has 2 aromatic heterocycles. The van der Waals surface area contributed by atoms with E-state index in [1.54, 1.807) is 6.07 Å². The monoisotopic (exact) mass is 263 g/mol. The van der Waals surface area contributed by atoms with Crippen molar-refractivity contribution in [3.05, 3.63) is 34.4 Å². The Hall–Kier alpha value is -1.55. The number of aromatic amines is 1. The molecule has 0 aliphatic heterocycles. The third-order valence-electron chi connectivity index (χ3n) is 2.38. The fourth-order valence-corrected chi connectivity index (χ4v) is 2.17. The summed E-state index contributed by atoms with van der Waals surface area (Å²) in [5.41, 5.74) is 2.91. The van der Waals surface area contributed by atoms with Gasteiger partial charge >= 0.3 is 0 Å². The summed E-state index contributed by atoms with van der Waals surface area (Å²) in [4.78, 5) is 13.6. The van der Waals surface area contributed by atoms with Crippen LogP contribution in [0.5, 0.6) is 0 Å². The van der Waals surface area contributed by atoms with Gasteiger partial charge in [0.1, 0.15) is 0 Å². The molecule has 0 amide bonds. The molecule has 2 heterocycles. The molecule has 0 spiro atoms. The fraction of sp³-hybridized carbons (Fsp3) is 0. The molecule has 15 heavy (non-hydrogen) atoms. The Balaban J connectivity index is 2.50. The highest BCUT2D eigenvalue weighted by molar-refractivity contribution is 9.10. The third-order valence-corrected chi connectivity index (χ3v) is 3.00. The maximum absolute atomic E-state index is 10.6. The Morgan fingerprint density at radius 3 is 3.07 bits per heavy atom. The maximum Gasteiger partial charge on any atom is 0.166 e. The van der Waals surface area contributed by atoms with Crippen molar-refractivity contribution in [1.29, 1.82) is 0 Å². The number of hydrogen-bond acceptors (Lipinski definition) is 2. The molecular formula is C11H6BrNO2. The Bertz CT molecular complexity index is 666. The van der Waals surface area contributed by atoms with E-state index in [2.05, 4.69) is 20.9 Å². The first-order valence-corrected chi connectivity index (χ1v) is 5.24. The molecular weight excluding hydrogens is 258 g/mol. The number of H-pyrrole nitrogens is 1. The van der Waals surface area contributed by atoms with E-state index in [1.807, 2.05) is 18.2 Å². The number of hydrogen-bond donors (Lipinski definition) is 1. The first-order chi connectivity index (χ1) is 7.29. The van der Waals surface area contributed by atoms with Crippen LogP contribution in [0.4, 0.5) is 0 Å². The first kappa shape index (κ1) is 8.73. The fourth-order valence-electron chi connectivity index (χ4n) is 1.72. The molecule has 0 atom stereocenters. The first-order valence-electron chi connectivity index (χ1n) is 4.44. The molecule has 0 bridgehead atoms. The molecule has 0 saturated carbocycles. The van der Waals surface area contributed by atoms with Crippen LogP contribution in [0.25, 0.3) is 22.1 Å². The predicted octanol–water partition coefficient (Wildman–Crippen LogP) is 3.49. The summed E-state index contributed by atoms with van der Waals surface area (Å²) in [7, 11) is 0. The molecule has 3 rings (SSSR count). The zero-order valence-corrected chi connectivity index (χ0v) is 9.17. The third kappa shape index (κ3) is 1.15. The topological polar surface area (TPSA) is 46.0 Å². The number of fused-ring (bicyclic) bond motifs is 3. The van der Waals surface area contributed by atoms with Gasteiger partial charge in [0.25, 0.3) is 0 Å². The lowest BCUT2D eigenvalue weighted by Gasteiger charge is -1.90. The number of aldehydes is 1. The van der Waals surface area contributed by atoms with Gasteiger partial charge in [-0.15, -0.1) is 0 Å². The number of nitrogens with one attached hydrogen (secondary N) is 1. The molecule has 0 aliphatic rings. The average molecular weight is 264 g/mol. The number of rotatable bonds is 1. The Morgan fingerprint density at radius 2 is 2.27 bits per heavy atom. The van der Waals surface area contributed by atoms with E-state index in [-0.39, 0.29) is 0 Å². The molecule has 74 valence electrons. The number of para-hydroxylation sites is 1. The summed E-state index contributed by atoms with van der Waals surface area (Å²) < 4.78 is 6.54. The van der Waals surface area contributed by atoms with Crippen molar-refractivity contribution in [1.82, 2.24) is 4.98 Å². The van der Waals surface area contributed by atoms with Gasteiger partial charge in [0, 0.05) is 11.5 Å². The van der Waals surface area contributed by atoms with Crippen molar-refractivity contribution >= 4 is 44.3 Å². The quantitative estimate of drug-likeness (QED) is 0.684. The molecule has 0 fully saturated rings. The van der Waals surface area contributed by atoms with E-state index in [0.717, 1.165) is 27.2 Å². The minimum atomic E-state index is 0.533. The number of furan rings is 1. The molecule has 3 aromatic rings. The minimum absolute atomic E-state index is 0.533. The van der Waals surface area contributed by atoms with Gasteiger partial charge in [0.05, 0.1) is 15.7 Å². The van der Waals surface area contributed by atoms with Crippen molar-refractivity contribution in [2.24, 2.45) is 0 Å². The van der Waals surface area contributed by atoms with Gasteiger partial charge in [-0.25, -0.2) is 0 Å². The second-order valence-corrected chi connectivity index (χ2v) is 4.15. The van der Waals surface area contributed by atoms with Gasteiger partial charge in [-0.1, -0.05) is 6.07 Å². The lowest BCUT2D eigenvalue weighted by atomic mass is 10.2. The lowest BCUT2D eigenvalue weighted by molar-refractivity contribution is 0.111. The highest BCUT2D eigenvalue weighted by atomic mass is 79.9. The van der Waals surface area contributed by atoms with Gasteiger partial charge in [0.15, 0.2) is 17.5 Å². The molecule has 3 nitrogen and oxygen atoms in total. The van der Waals surface area contributed by atoms with Crippen LogP contribution in [0, 0.1) is 0 Å². The van der Waals surface area contributed by atoms with Gasteiger partial charge in [-0.2, -0.15) is 0 Å². The maximum atomic E-state index is 10.6. The summed E-state index contributed by atoms with van der Waals surface area (Å²) in [5.74, 6) is 0. The summed E-state index contributed by atoms with van der Waals surface area (Å²) in [6, 6.07) is 7.51. The van der Waals surface area contributed by atoms with Crippen molar-refractivity contribution in [3.63, 3.8) is 0 Å². The largest absolute Gasteiger partial charge is 0.453 e. The van der Waals surface area contributed by atoms with Gasteiger partial charge in [0.2, 0.25) is 0 Å². The van der Waals surface area contributed by atoms with E-state index < -0.39 is 0 Å². The number of aromatic nitrogens is 1. The highest BCUT2D eigenvalue weighted by Crippen LogP contribution is 2.32. The number of benzene rings is 1. The summed E-state index contributed by atoms with van der Waals surface area (Å²) in [6.45, 7) is 0. The van der Waals surface area contributed by atoms with Crippen molar-refractivity contribution in [3.8, 4) is 0 Å². The van der Waals surface area contributed by atoms with Gasteiger partial charge in [-0.05, 0) is 28.1 Å². The van der Waals surface area contributed by atoms with Crippen LogP contribution < -0.4 is 0 Å². The van der Waals surface area contributed by atoms with E-state index in [4.69, 9.17) is 4.42 Å². The number of carbonyl (C=O) groups is 1. The smallest absolute Gasteiger partial charge is 0.166 e. The lowest BCUT2D eigenvalue weighted by Crippen LogP contribution is -1.76. The van der Waals surface area contributed by atoms with Crippen LogP contribution in [0.2, 0.25) is 0 Å². The second kappa shape index (κ2) is 2.97. The van der Waals surface area contributed by atoms with Crippen LogP contribution >= 0.6 is 15.9 Å². The van der Waals surface area contributed by atoms with Gasteiger partial charge in [-0.3, -0.25) is 4.79 Å². The molecule has 0 saturated heterocycles. The zero-order valence-electron chi connectivity index (χ0n) is 7.58. The number of halogens is 1. The van der Waals surface area contributed by atoms with Gasteiger partial charge < -0.3 is 9.40 Å². The molecule has 4 heteroatoms. The van der Waals surface area contributed by atoms with Crippen LogP contribution in [-0.2, 0) is 0 Å². The SMILES string of the molecule is O=Cc1cc2oc3c(Br)cccc3c2[nH]1. The Morgan fingerprint density at radius 1 is 1.40 bits per heavy atom. The Labute approximate surface area is 93.2 Å². The van der Waals surface area contributed by atoms with E-state index in [0.29, 0.717) is 11.3 Å². The molecule has 1 N–H and O–H groups in total. The number of carbonyl (C=O) groups excluding carboxylic acids is 1. The van der Waals surface area contributed by atoms with Crippen LogP contribution in [0.3, 0.4) is 0 Å². The predicted molar refractivity (Wildman–Crippen MR) is 61.2 cm³/mol. The van der Waals surface area contributed by atoms with Crippen LogP contribution in [0.1, 0.15) is 10.5 Å². The van der Waals surface area contributed by atoms with E-state index in [1.165, 1.54) is 0 Å². The molecule has 0 aliphatic carbocycles. The van der Waals surface area contributed by atoms with Crippen molar-refractivity contribution in [2.45, 2.75) is 0 Å². The second-order valence-electron chi connectivity index (χ2n) is 3.30. The Kier molecular flexibility index (Phi) is 1.73. The summed E-state index contributed by atoms with van der Waals surface area (Å²) >= 11 is 3.42. The van der Waals surface area contributed by atoms with Crippen LogP contribution in [-0.4, -0.2) is 11.3 Å².